The van der Waals surface area contributed by atoms with Crippen LogP contribution in [0.25, 0.3) is 0 Å². The van der Waals surface area contributed by atoms with Crippen LogP contribution in [0.1, 0.15) is 12.6 Å². The minimum absolute atomic E-state index is 0.0689. The number of hydrogen-bond acceptors (Lipinski definition) is 5. The highest BCUT2D eigenvalue weighted by molar-refractivity contribution is 5.65. The lowest BCUT2D eigenvalue weighted by Gasteiger charge is -2.32. The summed E-state index contributed by atoms with van der Waals surface area (Å²) < 4.78 is 43.5. The average Bonchev–Trinajstić information content (AvgIpc) is 2.45. The molecule has 2 heterocycles. The van der Waals surface area contributed by atoms with Crippen molar-refractivity contribution in [2.75, 3.05) is 43.8 Å². The van der Waals surface area contributed by atoms with E-state index in [0.29, 0.717) is 13.2 Å². The van der Waals surface area contributed by atoms with Crippen molar-refractivity contribution >= 4 is 11.4 Å². The molecule has 1 aliphatic rings. The van der Waals surface area contributed by atoms with Gasteiger partial charge >= 0.3 is 6.18 Å². The summed E-state index contributed by atoms with van der Waals surface area (Å²) in [7, 11) is 0. The maximum atomic E-state index is 12.6. The first-order chi connectivity index (χ1) is 9.90. The van der Waals surface area contributed by atoms with Crippen LogP contribution in [0.4, 0.5) is 24.5 Å². The lowest BCUT2D eigenvalue weighted by molar-refractivity contribution is -0.141. The molecule has 0 aromatic carbocycles. The Bertz CT molecular complexity index is 481. The molecule has 5 nitrogen and oxygen atoms in total. The maximum absolute atomic E-state index is 12.6. The van der Waals surface area contributed by atoms with Crippen molar-refractivity contribution in [1.82, 2.24) is 9.88 Å². The SMILES string of the molecule is CCN1CCOC(CNc2cc(C(F)(F)F)ncc2N)C1. The number of nitrogens with two attached hydrogens (primary N) is 1. The van der Waals surface area contributed by atoms with Gasteiger partial charge in [-0.05, 0) is 12.6 Å². The van der Waals surface area contributed by atoms with Gasteiger partial charge in [-0.1, -0.05) is 6.92 Å². The third-order valence-corrected chi connectivity index (χ3v) is 3.42. The highest BCUT2D eigenvalue weighted by Crippen LogP contribution is 2.31. The molecule has 8 heteroatoms. The van der Waals surface area contributed by atoms with Crippen molar-refractivity contribution < 1.29 is 17.9 Å². The van der Waals surface area contributed by atoms with E-state index < -0.39 is 11.9 Å². The number of pyridine rings is 1. The largest absolute Gasteiger partial charge is 0.433 e. The van der Waals surface area contributed by atoms with Gasteiger partial charge in [0, 0.05) is 19.6 Å². The molecule has 0 radical (unpaired) electrons. The van der Waals surface area contributed by atoms with Gasteiger partial charge in [0.15, 0.2) is 0 Å². The van der Waals surface area contributed by atoms with Crippen LogP contribution in [0.2, 0.25) is 0 Å². The second-order valence-corrected chi connectivity index (χ2v) is 4.92. The molecule has 2 rings (SSSR count). The number of alkyl halides is 3. The van der Waals surface area contributed by atoms with Crippen LogP contribution in [0.15, 0.2) is 12.3 Å². The fraction of sp³-hybridized carbons (Fsp3) is 0.615. The topological polar surface area (TPSA) is 63.4 Å². The molecule has 1 aliphatic heterocycles. The van der Waals surface area contributed by atoms with Crippen LogP contribution in [0.5, 0.6) is 0 Å². The summed E-state index contributed by atoms with van der Waals surface area (Å²) in [6.07, 6.45) is -3.53. The Kier molecular flexibility index (Phi) is 4.89. The Morgan fingerprint density at radius 2 is 2.29 bits per heavy atom. The standard InChI is InChI=1S/C13H19F3N4O/c1-2-20-3-4-21-9(8-20)6-18-11-5-12(13(14,15)16)19-7-10(11)17/h5,7,9H,2-4,6,8,17H2,1H3,(H,18,19). The van der Waals surface area contributed by atoms with E-state index in [-0.39, 0.29) is 17.5 Å². The summed E-state index contributed by atoms with van der Waals surface area (Å²) in [6.45, 7) is 5.65. The quantitative estimate of drug-likeness (QED) is 0.888. The maximum Gasteiger partial charge on any atom is 0.433 e. The fourth-order valence-electron chi connectivity index (χ4n) is 2.19. The van der Waals surface area contributed by atoms with E-state index >= 15 is 0 Å². The second kappa shape index (κ2) is 6.48. The molecule has 0 saturated carbocycles. The number of anilines is 2. The van der Waals surface area contributed by atoms with E-state index in [9.17, 15) is 13.2 Å². The van der Waals surface area contributed by atoms with E-state index in [1.165, 1.54) is 0 Å². The predicted molar refractivity (Wildman–Crippen MR) is 74.0 cm³/mol. The average molecular weight is 304 g/mol. The number of rotatable bonds is 4. The summed E-state index contributed by atoms with van der Waals surface area (Å²) in [5.74, 6) is 0. The Hall–Kier alpha value is -1.54. The molecule has 1 fully saturated rings. The molecule has 0 spiro atoms. The fourth-order valence-corrected chi connectivity index (χ4v) is 2.19. The van der Waals surface area contributed by atoms with Crippen LogP contribution >= 0.6 is 0 Å². The van der Waals surface area contributed by atoms with E-state index in [1.807, 2.05) is 0 Å². The monoisotopic (exact) mass is 304 g/mol. The molecule has 118 valence electrons. The zero-order chi connectivity index (χ0) is 15.5. The molecule has 0 amide bonds. The molecule has 3 N–H and O–H groups in total. The van der Waals surface area contributed by atoms with Crippen LogP contribution in [0, 0.1) is 0 Å². The van der Waals surface area contributed by atoms with Crippen molar-refractivity contribution in [2.45, 2.75) is 19.2 Å². The number of halogens is 3. The van der Waals surface area contributed by atoms with Crippen LogP contribution in [-0.4, -0.2) is 48.8 Å². The number of morpholine rings is 1. The lowest BCUT2D eigenvalue weighted by Crippen LogP contribution is -2.45. The number of ether oxygens (including phenoxy) is 1. The first kappa shape index (κ1) is 15.8. The molecular weight excluding hydrogens is 285 g/mol. The minimum atomic E-state index is -4.48. The number of likely N-dealkylation sites (N-methyl/N-ethyl adjacent to an activating group) is 1. The molecule has 1 aromatic heterocycles. The third kappa shape index (κ3) is 4.21. The van der Waals surface area contributed by atoms with Crippen molar-refractivity contribution in [1.29, 1.82) is 0 Å². The van der Waals surface area contributed by atoms with Crippen molar-refractivity contribution in [3.63, 3.8) is 0 Å². The number of hydrogen-bond donors (Lipinski definition) is 2. The number of aromatic nitrogens is 1. The molecule has 1 unspecified atom stereocenters. The van der Waals surface area contributed by atoms with Gasteiger partial charge in [-0.3, -0.25) is 4.90 Å². The zero-order valence-corrected chi connectivity index (χ0v) is 11.8. The zero-order valence-electron chi connectivity index (χ0n) is 11.8. The van der Waals surface area contributed by atoms with Crippen molar-refractivity contribution in [3.8, 4) is 0 Å². The van der Waals surface area contributed by atoms with E-state index in [1.54, 1.807) is 0 Å². The van der Waals surface area contributed by atoms with Crippen LogP contribution in [-0.2, 0) is 10.9 Å². The Morgan fingerprint density at radius 1 is 1.52 bits per heavy atom. The van der Waals surface area contributed by atoms with Gasteiger partial charge in [0.1, 0.15) is 5.69 Å². The smallest absolute Gasteiger partial charge is 0.396 e. The van der Waals surface area contributed by atoms with E-state index in [2.05, 4.69) is 22.1 Å². The van der Waals surface area contributed by atoms with Gasteiger partial charge in [-0.25, -0.2) is 4.98 Å². The third-order valence-electron chi connectivity index (χ3n) is 3.42. The van der Waals surface area contributed by atoms with E-state index in [0.717, 1.165) is 31.9 Å². The van der Waals surface area contributed by atoms with Crippen molar-refractivity contribution in [2.24, 2.45) is 0 Å². The molecule has 1 saturated heterocycles. The number of nitrogen functional groups attached to an aromatic ring is 1. The molecule has 1 atom stereocenters. The van der Waals surface area contributed by atoms with Gasteiger partial charge in [0.25, 0.3) is 0 Å². The molecule has 21 heavy (non-hydrogen) atoms. The summed E-state index contributed by atoms with van der Waals surface area (Å²) in [5, 5.41) is 2.92. The Balaban J connectivity index is 1.99. The van der Waals surface area contributed by atoms with Crippen LogP contribution < -0.4 is 11.1 Å². The summed E-state index contributed by atoms with van der Waals surface area (Å²) in [4.78, 5) is 5.53. The summed E-state index contributed by atoms with van der Waals surface area (Å²) >= 11 is 0. The van der Waals surface area contributed by atoms with Gasteiger partial charge in [-0.2, -0.15) is 13.2 Å². The molecular formula is C13H19F3N4O. The number of nitrogens with zero attached hydrogens (tertiary/aromatic N) is 2. The van der Waals surface area contributed by atoms with Crippen LogP contribution in [0.3, 0.4) is 0 Å². The molecule has 0 bridgehead atoms. The summed E-state index contributed by atoms with van der Waals surface area (Å²) in [6, 6.07) is 0.926. The first-order valence-electron chi connectivity index (χ1n) is 6.80. The highest BCUT2D eigenvalue weighted by atomic mass is 19.4. The highest BCUT2D eigenvalue weighted by Gasteiger charge is 2.33. The predicted octanol–water partition coefficient (Wildman–Crippen LogP) is 1.82. The minimum Gasteiger partial charge on any atom is -0.396 e. The normalized spacial score (nSPS) is 20.5. The summed E-state index contributed by atoms with van der Waals surface area (Å²) in [5.41, 5.74) is 5.12. The first-order valence-corrected chi connectivity index (χ1v) is 6.80. The van der Waals surface area contributed by atoms with Gasteiger partial charge in [0.2, 0.25) is 0 Å². The second-order valence-electron chi connectivity index (χ2n) is 4.92. The lowest BCUT2D eigenvalue weighted by atomic mass is 10.2. The Morgan fingerprint density at radius 3 is 2.95 bits per heavy atom. The van der Waals surface area contributed by atoms with E-state index in [4.69, 9.17) is 10.5 Å². The molecule has 1 aromatic rings. The van der Waals surface area contributed by atoms with Crippen molar-refractivity contribution in [3.05, 3.63) is 18.0 Å². The number of nitrogens with one attached hydrogen (secondary N) is 1. The Labute approximate surface area is 121 Å². The molecule has 0 aliphatic carbocycles. The van der Waals surface area contributed by atoms with Gasteiger partial charge in [0.05, 0.1) is 30.3 Å². The van der Waals surface area contributed by atoms with Gasteiger partial charge < -0.3 is 15.8 Å². The van der Waals surface area contributed by atoms with Gasteiger partial charge in [-0.15, -0.1) is 0 Å².